The number of aryl methyl sites for hydroxylation is 1. The second kappa shape index (κ2) is 5.54. The molecule has 0 amide bonds. The van der Waals surface area contributed by atoms with Crippen molar-refractivity contribution in [3.8, 4) is 5.75 Å². The van der Waals surface area contributed by atoms with Gasteiger partial charge in [-0.2, -0.15) is 0 Å². The van der Waals surface area contributed by atoms with Gasteiger partial charge in [-0.3, -0.25) is 4.98 Å². The van der Waals surface area contributed by atoms with Crippen LogP contribution in [0.4, 0.5) is 0 Å². The van der Waals surface area contributed by atoms with Crippen molar-refractivity contribution < 1.29 is 4.74 Å². The molecule has 1 aromatic heterocycles. The molecule has 1 unspecified atom stereocenters. The van der Waals surface area contributed by atoms with Crippen LogP contribution in [-0.2, 0) is 0 Å². The van der Waals surface area contributed by atoms with E-state index in [4.69, 9.17) is 10.5 Å². The lowest BCUT2D eigenvalue weighted by Gasteiger charge is -2.17. The largest absolute Gasteiger partial charge is 0.496 e. The zero-order valence-electron chi connectivity index (χ0n) is 12.2. The van der Waals surface area contributed by atoms with E-state index in [2.05, 4.69) is 24.0 Å². The van der Waals surface area contributed by atoms with Crippen molar-refractivity contribution in [2.45, 2.75) is 13.0 Å². The van der Waals surface area contributed by atoms with Crippen LogP contribution in [0.15, 0.2) is 54.7 Å². The van der Waals surface area contributed by atoms with Gasteiger partial charge in [-0.25, -0.2) is 0 Å². The van der Waals surface area contributed by atoms with Crippen molar-refractivity contribution in [1.29, 1.82) is 0 Å². The van der Waals surface area contributed by atoms with Crippen molar-refractivity contribution in [3.05, 3.63) is 71.4 Å². The van der Waals surface area contributed by atoms with Crippen molar-refractivity contribution in [1.82, 2.24) is 4.98 Å². The second-order valence-corrected chi connectivity index (χ2v) is 5.18. The molecule has 1 atom stereocenters. The molecule has 3 heteroatoms. The topological polar surface area (TPSA) is 48.1 Å². The summed E-state index contributed by atoms with van der Waals surface area (Å²) >= 11 is 0. The number of aromatic nitrogens is 1. The zero-order chi connectivity index (χ0) is 14.8. The summed E-state index contributed by atoms with van der Waals surface area (Å²) in [5, 5.41) is 1.09. The number of nitrogens with two attached hydrogens (primary N) is 1. The van der Waals surface area contributed by atoms with E-state index in [1.165, 1.54) is 5.56 Å². The quantitative estimate of drug-likeness (QED) is 0.796. The van der Waals surface area contributed by atoms with E-state index in [-0.39, 0.29) is 6.04 Å². The third kappa shape index (κ3) is 2.60. The number of rotatable bonds is 3. The maximum absolute atomic E-state index is 6.45. The molecule has 0 radical (unpaired) electrons. The molecule has 2 N–H and O–H groups in total. The van der Waals surface area contributed by atoms with Gasteiger partial charge in [-0.05, 0) is 36.8 Å². The van der Waals surface area contributed by atoms with E-state index >= 15 is 0 Å². The normalized spacial score (nSPS) is 12.3. The van der Waals surface area contributed by atoms with Crippen LogP contribution in [0.2, 0.25) is 0 Å². The summed E-state index contributed by atoms with van der Waals surface area (Å²) in [6.07, 6.45) is 1.80. The minimum absolute atomic E-state index is 0.218. The molecule has 1 heterocycles. The number of pyridine rings is 1. The zero-order valence-corrected chi connectivity index (χ0v) is 12.2. The first kappa shape index (κ1) is 13.6. The predicted octanol–water partition coefficient (Wildman–Crippen LogP) is 3.60. The predicted molar refractivity (Wildman–Crippen MR) is 85.5 cm³/mol. The average Bonchev–Trinajstić information content (AvgIpc) is 2.53. The highest BCUT2D eigenvalue weighted by Gasteiger charge is 2.14. The third-order valence-corrected chi connectivity index (χ3v) is 3.71. The summed E-state index contributed by atoms with van der Waals surface area (Å²) in [6.45, 7) is 2.06. The molecule has 0 aliphatic heterocycles. The first-order valence-corrected chi connectivity index (χ1v) is 6.94. The Balaban J connectivity index is 2.07. The molecule has 0 aliphatic carbocycles. The highest BCUT2D eigenvalue weighted by atomic mass is 16.5. The standard InChI is InChI=1S/C18H18N2O/c1-12-5-8-17(21-2)15(10-12)18(19)14-6-7-16-13(11-14)4-3-9-20-16/h3-11,18H,19H2,1-2H3. The van der Waals surface area contributed by atoms with Gasteiger partial charge in [0.1, 0.15) is 5.75 Å². The van der Waals surface area contributed by atoms with Crippen LogP contribution in [-0.4, -0.2) is 12.1 Å². The highest BCUT2D eigenvalue weighted by Crippen LogP contribution is 2.30. The van der Waals surface area contributed by atoms with Gasteiger partial charge in [0.25, 0.3) is 0 Å². The van der Waals surface area contributed by atoms with E-state index in [1.54, 1.807) is 13.3 Å². The number of benzene rings is 2. The fourth-order valence-corrected chi connectivity index (χ4v) is 2.56. The van der Waals surface area contributed by atoms with Gasteiger partial charge in [-0.1, -0.05) is 29.8 Å². The smallest absolute Gasteiger partial charge is 0.123 e. The minimum Gasteiger partial charge on any atom is -0.496 e. The average molecular weight is 278 g/mol. The number of hydrogen-bond donors (Lipinski definition) is 1. The number of ether oxygens (including phenoxy) is 1. The Labute approximate surface area is 124 Å². The van der Waals surface area contributed by atoms with E-state index in [0.717, 1.165) is 27.8 Å². The molecule has 0 aliphatic rings. The Morgan fingerprint density at radius 3 is 2.76 bits per heavy atom. The van der Waals surface area contributed by atoms with Crippen LogP contribution >= 0.6 is 0 Å². The summed E-state index contributed by atoms with van der Waals surface area (Å²) in [5.74, 6) is 0.819. The Hall–Kier alpha value is -2.39. The summed E-state index contributed by atoms with van der Waals surface area (Å²) < 4.78 is 5.44. The molecule has 0 saturated heterocycles. The molecule has 3 aromatic rings. The molecule has 0 saturated carbocycles. The van der Waals surface area contributed by atoms with Gasteiger partial charge in [0.15, 0.2) is 0 Å². The Morgan fingerprint density at radius 2 is 1.95 bits per heavy atom. The highest BCUT2D eigenvalue weighted by molar-refractivity contribution is 5.79. The summed E-state index contributed by atoms with van der Waals surface area (Å²) in [5.41, 5.74) is 10.7. The van der Waals surface area contributed by atoms with E-state index in [0.29, 0.717) is 0 Å². The fraction of sp³-hybridized carbons (Fsp3) is 0.167. The van der Waals surface area contributed by atoms with Gasteiger partial charge in [-0.15, -0.1) is 0 Å². The fourth-order valence-electron chi connectivity index (χ4n) is 2.56. The van der Waals surface area contributed by atoms with Gasteiger partial charge >= 0.3 is 0 Å². The SMILES string of the molecule is COc1ccc(C)cc1C(N)c1ccc2ncccc2c1. The lowest BCUT2D eigenvalue weighted by molar-refractivity contribution is 0.407. The third-order valence-electron chi connectivity index (χ3n) is 3.71. The maximum Gasteiger partial charge on any atom is 0.123 e. The first-order chi connectivity index (χ1) is 10.2. The molecule has 0 spiro atoms. The Morgan fingerprint density at radius 1 is 1.10 bits per heavy atom. The molecule has 3 nitrogen and oxygen atoms in total. The van der Waals surface area contributed by atoms with Gasteiger partial charge in [0.2, 0.25) is 0 Å². The monoisotopic (exact) mass is 278 g/mol. The number of fused-ring (bicyclic) bond motifs is 1. The number of methoxy groups -OCH3 is 1. The van der Waals surface area contributed by atoms with Crippen LogP contribution in [0.5, 0.6) is 5.75 Å². The van der Waals surface area contributed by atoms with E-state index in [9.17, 15) is 0 Å². The van der Waals surface area contributed by atoms with E-state index < -0.39 is 0 Å². The molecule has 0 fully saturated rings. The lowest BCUT2D eigenvalue weighted by atomic mass is 9.96. The summed E-state index contributed by atoms with van der Waals surface area (Å²) in [7, 11) is 1.67. The van der Waals surface area contributed by atoms with Crippen molar-refractivity contribution in [3.63, 3.8) is 0 Å². The van der Waals surface area contributed by atoms with Gasteiger partial charge in [0.05, 0.1) is 18.7 Å². The van der Waals surface area contributed by atoms with E-state index in [1.807, 2.05) is 36.4 Å². The van der Waals surface area contributed by atoms with Crippen molar-refractivity contribution >= 4 is 10.9 Å². The molecule has 2 aromatic carbocycles. The minimum atomic E-state index is -0.218. The second-order valence-electron chi connectivity index (χ2n) is 5.18. The summed E-state index contributed by atoms with van der Waals surface area (Å²) in [6, 6.07) is 16.0. The van der Waals surface area contributed by atoms with Gasteiger partial charge < -0.3 is 10.5 Å². The number of hydrogen-bond acceptors (Lipinski definition) is 3. The van der Waals surface area contributed by atoms with Crippen molar-refractivity contribution in [2.75, 3.05) is 7.11 Å². The molecule has 106 valence electrons. The molecule has 3 rings (SSSR count). The van der Waals surface area contributed by atoms with Crippen molar-refractivity contribution in [2.24, 2.45) is 5.73 Å². The molecular weight excluding hydrogens is 260 g/mol. The van der Waals surface area contributed by atoms with Crippen LogP contribution in [0, 0.1) is 6.92 Å². The van der Waals surface area contributed by atoms with Crippen LogP contribution < -0.4 is 10.5 Å². The summed E-state index contributed by atoms with van der Waals surface area (Å²) in [4.78, 5) is 4.34. The van der Waals surface area contributed by atoms with Gasteiger partial charge in [0, 0.05) is 17.1 Å². The Bertz CT molecular complexity index is 783. The lowest BCUT2D eigenvalue weighted by Crippen LogP contribution is -2.13. The maximum atomic E-state index is 6.45. The molecule has 21 heavy (non-hydrogen) atoms. The van der Waals surface area contributed by atoms with Crippen LogP contribution in [0.25, 0.3) is 10.9 Å². The van der Waals surface area contributed by atoms with Crippen LogP contribution in [0.1, 0.15) is 22.7 Å². The van der Waals surface area contributed by atoms with Crippen LogP contribution in [0.3, 0.4) is 0 Å². The molecular formula is C18H18N2O. The Kier molecular flexibility index (Phi) is 3.59. The number of nitrogens with zero attached hydrogens (tertiary/aromatic N) is 1. The first-order valence-electron chi connectivity index (χ1n) is 6.94. The molecule has 0 bridgehead atoms.